The van der Waals surface area contributed by atoms with E-state index in [9.17, 15) is 0 Å². The molecule has 1 N–H and O–H groups in total. The lowest BCUT2D eigenvalue weighted by Gasteiger charge is -2.05. The van der Waals surface area contributed by atoms with Crippen LogP contribution in [0.3, 0.4) is 0 Å². The summed E-state index contributed by atoms with van der Waals surface area (Å²) in [6.45, 7) is 0.688. The summed E-state index contributed by atoms with van der Waals surface area (Å²) in [6, 6.07) is 10.2. The quantitative estimate of drug-likeness (QED) is 0.782. The van der Waals surface area contributed by atoms with E-state index >= 15 is 0 Å². The molecule has 0 bridgehead atoms. The van der Waals surface area contributed by atoms with E-state index in [1.165, 1.54) is 5.56 Å². The van der Waals surface area contributed by atoms with Crippen LogP contribution in [0.15, 0.2) is 64.1 Å². The highest BCUT2D eigenvalue weighted by molar-refractivity contribution is 9.10. The summed E-state index contributed by atoms with van der Waals surface area (Å²) in [5.74, 6) is 0.618. The molecule has 0 amide bonds. The van der Waals surface area contributed by atoms with Crippen LogP contribution in [0, 0.1) is 0 Å². The summed E-state index contributed by atoms with van der Waals surface area (Å²) >= 11 is 3.31. The molecular weight excluding hydrogens is 318 g/mol. The third-order valence-electron chi connectivity index (χ3n) is 2.88. The molecule has 0 saturated heterocycles. The van der Waals surface area contributed by atoms with Crippen LogP contribution < -0.4 is 5.32 Å². The van der Waals surface area contributed by atoms with Crippen molar-refractivity contribution in [3.63, 3.8) is 0 Å². The minimum atomic E-state index is 0.618. The van der Waals surface area contributed by atoms with Crippen LogP contribution >= 0.6 is 15.9 Å². The van der Waals surface area contributed by atoms with Crippen LogP contribution in [0.5, 0.6) is 0 Å². The monoisotopic (exact) mass is 329 g/mol. The summed E-state index contributed by atoms with van der Waals surface area (Å²) in [7, 11) is 0. The second-order valence-corrected chi connectivity index (χ2v) is 5.20. The van der Waals surface area contributed by atoms with Gasteiger partial charge in [0.1, 0.15) is 0 Å². The Balaban J connectivity index is 1.65. The molecular formula is C15H12BrN3O. The Bertz CT molecular complexity index is 663. The Kier molecular flexibility index (Phi) is 3.78. The third kappa shape index (κ3) is 3.05. The van der Waals surface area contributed by atoms with Crippen molar-refractivity contribution in [3.05, 3.63) is 65.3 Å². The van der Waals surface area contributed by atoms with E-state index in [-0.39, 0.29) is 0 Å². The largest absolute Gasteiger partial charge is 0.472 e. The zero-order valence-electron chi connectivity index (χ0n) is 10.6. The molecule has 100 valence electrons. The summed E-state index contributed by atoms with van der Waals surface area (Å²) < 4.78 is 5.95. The van der Waals surface area contributed by atoms with Crippen molar-refractivity contribution in [3.8, 4) is 11.1 Å². The number of hydrogen-bond acceptors (Lipinski definition) is 4. The van der Waals surface area contributed by atoms with E-state index in [0.717, 1.165) is 15.6 Å². The van der Waals surface area contributed by atoms with Crippen molar-refractivity contribution in [1.29, 1.82) is 0 Å². The summed E-state index contributed by atoms with van der Waals surface area (Å²) in [5, 5.41) is 3.18. The van der Waals surface area contributed by atoms with Crippen molar-refractivity contribution < 1.29 is 4.42 Å². The summed E-state index contributed by atoms with van der Waals surface area (Å²) in [4.78, 5) is 8.34. The smallest absolute Gasteiger partial charge is 0.222 e. The van der Waals surface area contributed by atoms with Gasteiger partial charge in [0.15, 0.2) is 0 Å². The minimum absolute atomic E-state index is 0.618. The standard InChI is InChI=1S/C15H12BrN3O/c16-14-8-18-15(19-9-14)17-7-11-1-3-12(4-2-11)13-5-6-20-10-13/h1-6,8-10H,7H2,(H,17,18,19). The van der Waals surface area contributed by atoms with Crippen LogP contribution in [0.25, 0.3) is 11.1 Å². The lowest BCUT2D eigenvalue weighted by Crippen LogP contribution is -2.02. The molecule has 0 aliphatic carbocycles. The molecule has 0 atom stereocenters. The third-order valence-corrected chi connectivity index (χ3v) is 3.29. The summed E-state index contributed by atoms with van der Waals surface area (Å²) in [6.07, 6.45) is 6.85. The Morgan fingerprint density at radius 2 is 1.75 bits per heavy atom. The fraction of sp³-hybridized carbons (Fsp3) is 0.0667. The molecule has 0 radical (unpaired) electrons. The minimum Gasteiger partial charge on any atom is -0.472 e. The van der Waals surface area contributed by atoms with Gasteiger partial charge < -0.3 is 9.73 Å². The fourth-order valence-corrected chi connectivity index (χ4v) is 2.03. The average Bonchev–Trinajstić information content (AvgIpc) is 3.01. The lowest BCUT2D eigenvalue weighted by molar-refractivity contribution is 0.568. The number of furan rings is 1. The molecule has 0 aliphatic heterocycles. The number of anilines is 1. The molecule has 0 unspecified atom stereocenters. The highest BCUT2D eigenvalue weighted by Crippen LogP contribution is 2.20. The fourth-order valence-electron chi connectivity index (χ4n) is 1.83. The molecule has 3 aromatic rings. The predicted molar refractivity (Wildman–Crippen MR) is 81.2 cm³/mol. The normalized spacial score (nSPS) is 10.4. The molecule has 0 aliphatic rings. The van der Waals surface area contributed by atoms with Crippen LogP contribution in [0.1, 0.15) is 5.56 Å². The lowest BCUT2D eigenvalue weighted by atomic mass is 10.1. The van der Waals surface area contributed by atoms with Gasteiger partial charge in [-0.2, -0.15) is 0 Å². The molecule has 3 rings (SSSR count). The molecule has 2 heterocycles. The van der Waals surface area contributed by atoms with Crippen molar-refractivity contribution in [2.24, 2.45) is 0 Å². The zero-order chi connectivity index (χ0) is 13.8. The van der Waals surface area contributed by atoms with E-state index in [4.69, 9.17) is 4.42 Å². The SMILES string of the molecule is Brc1cnc(NCc2ccc(-c3ccoc3)cc2)nc1. The Hall–Kier alpha value is -2.14. The van der Waals surface area contributed by atoms with E-state index in [1.54, 1.807) is 24.9 Å². The number of rotatable bonds is 4. The van der Waals surface area contributed by atoms with E-state index in [2.05, 4.69) is 55.5 Å². The maximum atomic E-state index is 5.08. The van der Waals surface area contributed by atoms with Gasteiger partial charge in [0.25, 0.3) is 0 Å². The van der Waals surface area contributed by atoms with Gasteiger partial charge in [0.05, 0.1) is 17.0 Å². The Morgan fingerprint density at radius 1 is 1.00 bits per heavy atom. The molecule has 20 heavy (non-hydrogen) atoms. The van der Waals surface area contributed by atoms with Gasteiger partial charge in [-0.25, -0.2) is 9.97 Å². The number of aromatic nitrogens is 2. The first-order valence-corrected chi connectivity index (χ1v) is 6.93. The van der Waals surface area contributed by atoms with Crippen molar-refractivity contribution in [2.45, 2.75) is 6.54 Å². The van der Waals surface area contributed by atoms with Gasteiger partial charge in [-0.1, -0.05) is 24.3 Å². The van der Waals surface area contributed by atoms with E-state index in [0.29, 0.717) is 12.5 Å². The molecule has 5 heteroatoms. The van der Waals surface area contributed by atoms with Crippen LogP contribution in [0.2, 0.25) is 0 Å². The second-order valence-electron chi connectivity index (χ2n) is 4.29. The molecule has 4 nitrogen and oxygen atoms in total. The van der Waals surface area contributed by atoms with Gasteiger partial charge >= 0.3 is 0 Å². The number of hydrogen-bond donors (Lipinski definition) is 1. The Morgan fingerprint density at radius 3 is 2.40 bits per heavy atom. The van der Waals surface area contributed by atoms with Crippen LogP contribution in [-0.2, 0) is 6.54 Å². The first-order valence-electron chi connectivity index (χ1n) is 6.14. The average molecular weight is 330 g/mol. The summed E-state index contributed by atoms with van der Waals surface area (Å²) in [5.41, 5.74) is 3.40. The zero-order valence-corrected chi connectivity index (χ0v) is 12.2. The van der Waals surface area contributed by atoms with E-state index < -0.39 is 0 Å². The molecule has 1 aromatic carbocycles. The highest BCUT2D eigenvalue weighted by Gasteiger charge is 2.00. The molecule has 0 fully saturated rings. The number of nitrogens with one attached hydrogen (secondary N) is 1. The molecule has 0 saturated carbocycles. The highest BCUT2D eigenvalue weighted by atomic mass is 79.9. The molecule has 2 aromatic heterocycles. The molecule has 0 spiro atoms. The van der Waals surface area contributed by atoms with Crippen molar-refractivity contribution in [2.75, 3.05) is 5.32 Å². The first-order chi connectivity index (χ1) is 9.81. The number of halogens is 1. The maximum absolute atomic E-state index is 5.08. The van der Waals surface area contributed by atoms with Gasteiger partial charge in [-0.05, 0) is 33.1 Å². The van der Waals surface area contributed by atoms with Crippen LogP contribution in [0.4, 0.5) is 5.95 Å². The second kappa shape index (κ2) is 5.88. The topological polar surface area (TPSA) is 51.0 Å². The van der Waals surface area contributed by atoms with Gasteiger partial charge in [-0.15, -0.1) is 0 Å². The van der Waals surface area contributed by atoms with Crippen molar-refractivity contribution in [1.82, 2.24) is 9.97 Å². The van der Waals surface area contributed by atoms with Crippen LogP contribution in [-0.4, -0.2) is 9.97 Å². The van der Waals surface area contributed by atoms with E-state index in [1.807, 2.05) is 6.07 Å². The first kappa shape index (κ1) is 12.9. The van der Waals surface area contributed by atoms with Gasteiger partial charge in [0.2, 0.25) is 5.95 Å². The van der Waals surface area contributed by atoms with Crippen molar-refractivity contribution >= 4 is 21.9 Å². The number of benzene rings is 1. The maximum Gasteiger partial charge on any atom is 0.222 e. The predicted octanol–water partition coefficient (Wildman–Crippen LogP) is 4.11. The Labute approximate surface area is 125 Å². The van der Waals surface area contributed by atoms with Gasteiger partial charge in [0, 0.05) is 24.5 Å². The number of nitrogens with zero attached hydrogens (tertiary/aromatic N) is 2. The van der Waals surface area contributed by atoms with Gasteiger partial charge in [-0.3, -0.25) is 0 Å².